The van der Waals surface area contributed by atoms with Crippen LogP contribution in [0.1, 0.15) is 52.4 Å². The monoisotopic (exact) mass is 251 g/mol. The summed E-state index contributed by atoms with van der Waals surface area (Å²) in [4.78, 5) is 0. The van der Waals surface area contributed by atoms with Crippen molar-refractivity contribution in [2.75, 3.05) is 13.2 Å². The summed E-state index contributed by atoms with van der Waals surface area (Å²) in [5.74, 6) is 3.81. The minimum absolute atomic E-state index is 0.521. The molecule has 2 nitrogen and oxygen atoms in total. The van der Waals surface area contributed by atoms with Gasteiger partial charge in [0.1, 0.15) is 0 Å². The van der Waals surface area contributed by atoms with Crippen LogP contribution in [0.3, 0.4) is 0 Å². The van der Waals surface area contributed by atoms with Gasteiger partial charge in [0.05, 0.1) is 6.10 Å². The summed E-state index contributed by atoms with van der Waals surface area (Å²) in [5.41, 5.74) is 0. The standard InChI is InChI=1S/C16H29NO/c1-3-15-13(7-8-18-15)16(17-4-2)14-10-11-5-6-12(14)9-11/h11-17H,3-10H2,1-2H3. The first kappa shape index (κ1) is 12.9. The SMILES string of the molecule is CCNC(C1CC2CCC1C2)C1CCOC1CC. The molecule has 0 aromatic carbocycles. The van der Waals surface area contributed by atoms with Gasteiger partial charge in [0, 0.05) is 18.6 Å². The lowest BCUT2D eigenvalue weighted by Crippen LogP contribution is -2.46. The fourth-order valence-electron chi connectivity index (χ4n) is 5.09. The fraction of sp³-hybridized carbons (Fsp3) is 1.00. The Balaban J connectivity index is 1.71. The molecule has 1 N–H and O–H groups in total. The van der Waals surface area contributed by atoms with Gasteiger partial charge in [0.25, 0.3) is 0 Å². The molecule has 18 heavy (non-hydrogen) atoms. The molecule has 2 heteroatoms. The van der Waals surface area contributed by atoms with Gasteiger partial charge in [0.15, 0.2) is 0 Å². The number of nitrogens with one attached hydrogen (secondary N) is 1. The van der Waals surface area contributed by atoms with Crippen molar-refractivity contribution in [2.45, 2.75) is 64.5 Å². The van der Waals surface area contributed by atoms with Crippen molar-refractivity contribution in [3.05, 3.63) is 0 Å². The van der Waals surface area contributed by atoms with Crippen LogP contribution in [0.4, 0.5) is 0 Å². The minimum Gasteiger partial charge on any atom is -0.378 e. The van der Waals surface area contributed by atoms with E-state index in [1.165, 1.54) is 38.5 Å². The summed E-state index contributed by atoms with van der Waals surface area (Å²) >= 11 is 0. The molecule has 0 aromatic rings. The van der Waals surface area contributed by atoms with E-state index in [4.69, 9.17) is 4.74 Å². The summed E-state index contributed by atoms with van der Waals surface area (Å²) < 4.78 is 5.94. The second kappa shape index (κ2) is 5.50. The average Bonchev–Trinajstić information content (AvgIpc) is 3.10. The molecule has 2 bridgehead atoms. The maximum Gasteiger partial charge on any atom is 0.0616 e. The first-order valence-corrected chi connectivity index (χ1v) is 8.18. The van der Waals surface area contributed by atoms with E-state index in [0.717, 1.165) is 42.9 Å². The fourth-order valence-corrected chi connectivity index (χ4v) is 5.09. The van der Waals surface area contributed by atoms with Crippen LogP contribution in [0.5, 0.6) is 0 Å². The smallest absolute Gasteiger partial charge is 0.0616 e. The van der Waals surface area contributed by atoms with Crippen LogP contribution in [0.15, 0.2) is 0 Å². The molecule has 1 heterocycles. The van der Waals surface area contributed by atoms with Crippen molar-refractivity contribution in [3.8, 4) is 0 Å². The average molecular weight is 251 g/mol. The third-order valence-electron chi connectivity index (χ3n) is 5.82. The topological polar surface area (TPSA) is 21.3 Å². The Morgan fingerprint density at radius 3 is 2.61 bits per heavy atom. The first-order chi connectivity index (χ1) is 8.83. The molecule has 0 amide bonds. The second-order valence-corrected chi connectivity index (χ2v) is 6.69. The number of fused-ring (bicyclic) bond motifs is 2. The van der Waals surface area contributed by atoms with Crippen LogP contribution >= 0.6 is 0 Å². The predicted molar refractivity (Wildman–Crippen MR) is 74.5 cm³/mol. The van der Waals surface area contributed by atoms with E-state index < -0.39 is 0 Å². The van der Waals surface area contributed by atoms with E-state index in [1.807, 2.05) is 0 Å². The van der Waals surface area contributed by atoms with Crippen molar-refractivity contribution in [1.29, 1.82) is 0 Å². The van der Waals surface area contributed by atoms with Gasteiger partial charge in [0.2, 0.25) is 0 Å². The van der Waals surface area contributed by atoms with Crippen LogP contribution < -0.4 is 5.32 Å². The van der Waals surface area contributed by atoms with Gasteiger partial charge in [-0.25, -0.2) is 0 Å². The van der Waals surface area contributed by atoms with Crippen molar-refractivity contribution in [1.82, 2.24) is 5.32 Å². The minimum atomic E-state index is 0.521. The molecule has 3 rings (SSSR count). The third-order valence-corrected chi connectivity index (χ3v) is 5.82. The molecule has 1 aliphatic heterocycles. The van der Waals surface area contributed by atoms with E-state index in [9.17, 15) is 0 Å². The Labute approximate surface area is 112 Å². The van der Waals surface area contributed by atoms with Gasteiger partial charge in [-0.05, 0) is 56.4 Å². The van der Waals surface area contributed by atoms with Crippen molar-refractivity contribution >= 4 is 0 Å². The molecule has 0 aromatic heterocycles. The Morgan fingerprint density at radius 2 is 2.00 bits per heavy atom. The lowest BCUT2D eigenvalue weighted by atomic mass is 9.75. The molecule has 104 valence electrons. The van der Waals surface area contributed by atoms with E-state index in [0.29, 0.717) is 6.10 Å². The molecule has 2 saturated carbocycles. The van der Waals surface area contributed by atoms with Crippen LogP contribution in [0.25, 0.3) is 0 Å². The molecule has 2 aliphatic carbocycles. The Kier molecular flexibility index (Phi) is 3.95. The number of hydrogen-bond donors (Lipinski definition) is 1. The molecule has 1 saturated heterocycles. The highest BCUT2D eigenvalue weighted by Gasteiger charge is 2.47. The lowest BCUT2D eigenvalue weighted by Gasteiger charge is -2.37. The summed E-state index contributed by atoms with van der Waals surface area (Å²) in [6, 6.07) is 0.734. The normalized spacial score (nSPS) is 44.7. The van der Waals surface area contributed by atoms with Crippen LogP contribution in [-0.2, 0) is 4.74 Å². The maximum absolute atomic E-state index is 5.94. The molecule has 6 atom stereocenters. The molecule has 0 radical (unpaired) electrons. The van der Waals surface area contributed by atoms with Crippen molar-refractivity contribution in [2.24, 2.45) is 23.7 Å². The zero-order valence-corrected chi connectivity index (χ0v) is 12.0. The highest BCUT2D eigenvalue weighted by molar-refractivity contribution is 4.99. The van der Waals surface area contributed by atoms with Gasteiger partial charge in [-0.2, -0.15) is 0 Å². The van der Waals surface area contributed by atoms with Crippen LogP contribution in [0.2, 0.25) is 0 Å². The zero-order chi connectivity index (χ0) is 12.5. The van der Waals surface area contributed by atoms with E-state index in [2.05, 4.69) is 19.2 Å². The Hall–Kier alpha value is -0.0800. The van der Waals surface area contributed by atoms with Gasteiger partial charge in [-0.15, -0.1) is 0 Å². The lowest BCUT2D eigenvalue weighted by molar-refractivity contribution is 0.0630. The predicted octanol–water partition coefficient (Wildman–Crippen LogP) is 3.22. The molecule has 6 unspecified atom stereocenters. The number of hydrogen-bond acceptors (Lipinski definition) is 2. The van der Waals surface area contributed by atoms with E-state index >= 15 is 0 Å². The highest BCUT2D eigenvalue weighted by atomic mass is 16.5. The first-order valence-electron chi connectivity index (χ1n) is 8.18. The largest absolute Gasteiger partial charge is 0.378 e. The van der Waals surface area contributed by atoms with Gasteiger partial charge < -0.3 is 10.1 Å². The van der Waals surface area contributed by atoms with E-state index in [1.54, 1.807) is 0 Å². The molecular weight excluding hydrogens is 222 g/mol. The summed E-state index contributed by atoms with van der Waals surface area (Å²) in [6.45, 7) is 6.65. The van der Waals surface area contributed by atoms with Crippen molar-refractivity contribution < 1.29 is 4.74 Å². The highest BCUT2D eigenvalue weighted by Crippen LogP contribution is 2.51. The van der Waals surface area contributed by atoms with E-state index in [-0.39, 0.29) is 0 Å². The summed E-state index contributed by atoms with van der Waals surface area (Å²) in [7, 11) is 0. The van der Waals surface area contributed by atoms with Gasteiger partial charge >= 0.3 is 0 Å². The van der Waals surface area contributed by atoms with Crippen LogP contribution in [0, 0.1) is 23.7 Å². The number of rotatable bonds is 5. The quantitative estimate of drug-likeness (QED) is 0.810. The van der Waals surface area contributed by atoms with Gasteiger partial charge in [-0.1, -0.05) is 20.3 Å². The molecule has 3 fully saturated rings. The molecular formula is C16H29NO. The van der Waals surface area contributed by atoms with Crippen molar-refractivity contribution in [3.63, 3.8) is 0 Å². The maximum atomic E-state index is 5.94. The molecule has 3 aliphatic rings. The van der Waals surface area contributed by atoms with Crippen LogP contribution in [-0.4, -0.2) is 25.3 Å². The Bertz CT molecular complexity index is 274. The Morgan fingerprint density at radius 1 is 1.11 bits per heavy atom. The third kappa shape index (κ3) is 2.22. The summed E-state index contributed by atoms with van der Waals surface area (Å²) in [6.07, 6.45) is 9.03. The van der Waals surface area contributed by atoms with Gasteiger partial charge in [-0.3, -0.25) is 0 Å². The second-order valence-electron chi connectivity index (χ2n) is 6.69. The summed E-state index contributed by atoms with van der Waals surface area (Å²) in [5, 5.41) is 3.84. The molecule has 0 spiro atoms. The number of ether oxygens (including phenoxy) is 1. The zero-order valence-electron chi connectivity index (χ0n) is 12.0.